The van der Waals surface area contributed by atoms with Gasteiger partial charge in [-0.1, -0.05) is 18.2 Å². The van der Waals surface area contributed by atoms with Crippen LogP contribution < -0.4 is 5.32 Å². The zero-order valence-electron chi connectivity index (χ0n) is 12.7. The summed E-state index contributed by atoms with van der Waals surface area (Å²) in [7, 11) is 1.56. The molecule has 0 radical (unpaired) electrons. The van der Waals surface area contributed by atoms with Crippen LogP contribution >= 0.6 is 0 Å². The number of methoxy groups -OCH3 is 1. The standard InChI is InChI=1S/C16H19N3O3/c1-12(20)19(9-10-22-2)11-15(21)18-14-7-3-5-13-6-4-8-17-16(13)14/h3-8H,9-11H2,1-2H3,(H,18,21). The molecule has 1 aromatic carbocycles. The maximum absolute atomic E-state index is 12.2. The number of para-hydroxylation sites is 1. The van der Waals surface area contributed by atoms with Gasteiger partial charge in [0.25, 0.3) is 0 Å². The molecule has 0 aliphatic heterocycles. The van der Waals surface area contributed by atoms with Gasteiger partial charge in [0, 0.05) is 32.2 Å². The van der Waals surface area contributed by atoms with E-state index in [1.54, 1.807) is 19.4 Å². The van der Waals surface area contributed by atoms with Crippen molar-refractivity contribution in [2.24, 2.45) is 0 Å². The van der Waals surface area contributed by atoms with Crippen molar-refractivity contribution in [3.8, 4) is 0 Å². The molecule has 2 rings (SSSR count). The molecule has 116 valence electrons. The number of hydrogen-bond acceptors (Lipinski definition) is 4. The molecule has 1 aromatic heterocycles. The first-order chi connectivity index (χ1) is 10.6. The number of benzene rings is 1. The van der Waals surface area contributed by atoms with Gasteiger partial charge >= 0.3 is 0 Å². The number of anilines is 1. The quantitative estimate of drug-likeness (QED) is 0.881. The van der Waals surface area contributed by atoms with Crippen molar-refractivity contribution in [3.05, 3.63) is 36.5 Å². The number of fused-ring (bicyclic) bond motifs is 1. The Labute approximate surface area is 129 Å². The summed E-state index contributed by atoms with van der Waals surface area (Å²) in [4.78, 5) is 29.4. The summed E-state index contributed by atoms with van der Waals surface area (Å²) < 4.78 is 4.94. The number of amides is 2. The zero-order chi connectivity index (χ0) is 15.9. The van der Waals surface area contributed by atoms with Crippen molar-refractivity contribution >= 4 is 28.4 Å². The van der Waals surface area contributed by atoms with Crippen molar-refractivity contribution in [1.29, 1.82) is 0 Å². The Kier molecular flexibility index (Phi) is 5.43. The highest BCUT2D eigenvalue weighted by atomic mass is 16.5. The Morgan fingerprint density at radius 3 is 2.77 bits per heavy atom. The Morgan fingerprint density at radius 1 is 1.27 bits per heavy atom. The molecule has 0 saturated carbocycles. The molecule has 6 nitrogen and oxygen atoms in total. The molecule has 0 aliphatic carbocycles. The molecule has 6 heteroatoms. The lowest BCUT2D eigenvalue weighted by molar-refractivity contribution is -0.133. The van der Waals surface area contributed by atoms with E-state index in [0.29, 0.717) is 18.8 Å². The van der Waals surface area contributed by atoms with Gasteiger partial charge in [0.05, 0.1) is 24.4 Å². The fourth-order valence-electron chi connectivity index (χ4n) is 2.12. The highest BCUT2D eigenvalue weighted by Crippen LogP contribution is 2.20. The van der Waals surface area contributed by atoms with Crippen LogP contribution in [0.2, 0.25) is 0 Å². The van der Waals surface area contributed by atoms with E-state index in [2.05, 4.69) is 10.3 Å². The molecule has 0 fully saturated rings. The highest BCUT2D eigenvalue weighted by molar-refractivity contribution is 6.01. The van der Waals surface area contributed by atoms with Crippen molar-refractivity contribution in [2.75, 3.05) is 32.1 Å². The number of nitrogens with one attached hydrogen (secondary N) is 1. The summed E-state index contributed by atoms with van der Waals surface area (Å²) in [5, 5.41) is 3.76. The second kappa shape index (κ2) is 7.51. The molecule has 2 amide bonds. The summed E-state index contributed by atoms with van der Waals surface area (Å²) in [6, 6.07) is 9.35. The van der Waals surface area contributed by atoms with Gasteiger partial charge in [-0.15, -0.1) is 0 Å². The number of carbonyl (C=O) groups excluding carboxylic acids is 2. The summed E-state index contributed by atoms with van der Waals surface area (Å²) in [6.45, 7) is 2.19. The van der Waals surface area contributed by atoms with E-state index in [0.717, 1.165) is 10.9 Å². The summed E-state index contributed by atoms with van der Waals surface area (Å²) in [5.41, 5.74) is 1.36. The van der Waals surface area contributed by atoms with Crippen LogP contribution in [-0.2, 0) is 14.3 Å². The van der Waals surface area contributed by atoms with Gasteiger partial charge in [0.2, 0.25) is 11.8 Å². The average molecular weight is 301 g/mol. The SMILES string of the molecule is COCCN(CC(=O)Nc1cccc2cccnc12)C(C)=O. The van der Waals surface area contributed by atoms with Gasteiger partial charge in [-0.05, 0) is 12.1 Å². The molecule has 1 N–H and O–H groups in total. The molecule has 0 bridgehead atoms. The van der Waals surface area contributed by atoms with Gasteiger partial charge in [-0.2, -0.15) is 0 Å². The third kappa shape index (κ3) is 4.02. The zero-order valence-corrected chi connectivity index (χ0v) is 12.7. The van der Waals surface area contributed by atoms with Crippen molar-refractivity contribution < 1.29 is 14.3 Å². The van der Waals surface area contributed by atoms with Gasteiger partial charge in [-0.25, -0.2) is 0 Å². The third-order valence-electron chi connectivity index (χ3n) is 3.25. The van der Waals surface area contributed by atoms with Gasteiger partial charge < -0.3 is 15.0 Å². The smallest absolute Gasteiger partial charge is 0.244 e. The first-order valence-electron chi connectivity index (χ1n) is 7.00. The number of hydrogen-bond donors (Lipinski definition) is 1. The maximum atomic E-state index is 12.2. The van der Waals surface area contributed by atoms with Crippen LogP contribution in [0.1, 0.15) is 6.92 Å². The second-order valence-corrected chi connectivity index (χ2v) is 4.86. The lowest BCUT2D eigenvalue weighted by atomic mass is 10.2. The Morgan fingerprint density at radius 2 is 2.05 bits per heavy atom. The molecule has 0 saturated heterocycles. The van der Waals surface area contributed by atoms with E-state index >= 15 is 0 Å². The fourth-order valence-corrected chi connectivity index (χ4v) is 2.12. The largest absolute Gasteiger partial charge is 0.383 e. The predicted molar refractivity (Wildman–Crippen MR) is 84.5 cm³/mol. The molecular formula is C16H19N3O3. The monoisotopic (exact) mass is 301 g/mol. The van der Waals surface area contributed by atoms with Crippen LogP contribution in [0.5, 0.6) is 0 Å². The first-order valence-corrected chi connectivity index (χ1v) is 7.00. The van der Waals surface area contributed by atoms with Crippen LogP contribution in [0.4, 0.5) is 5.69 Å². The molecule has 1 heterocycles. The Balaban J connectivity index is 2.08. The van der Waals surface area contributed by atoms with Crippen LogP contribution in [-0.4, -0.2) is 48.5 Å². The molecule has 0 unspecified atom stereocenters. The number of pyridine rings is 1. The van der Waals surface area contributed by atoms with Crippen LogP contribution in [0.15, 0.2) is 36.5 Å². The van der Waals surface area contributed by atoms with Crippen LogP contribution in [0.25, 0.3) is 10.9 Å². The van der Waals surface area contributed by atoms with E-state index in [-0.39, 0.29) is 18.4 Å². The molecule has 2 aromatic rings. The lowest BCUT2D eigenvalue weighted by Crippen LogP contribution is -2.38. The van der Waals surface area contributed by atoms with E-state index in [4.69, 9.17) is 4.74 Å². The van der Waals surface area contributed by atoms with E-state index in [1.807, 2.05) is 24.3 Å². The summed E-state index contributed by atoms with van der Waals surface area (Å²) >= 11 is 0. The van der Waals surface area contributed by atoms with E-state index in [9.17, 15) is 9.59 Å². The minimum atomic E-state index is -0.260. The molecule has 0 atom stereocenters. The van der Waals surface area contributed by atoms with Gasteiger partial charge in [0.15, 0.2) is 0 Å². The third-order valence-corrected chi connectivity index (χ3v) is 3.25. The van der Waals surface area contributed by atoms with Crippen molar-refractivity contribution in [2.45, 2.75) is 6.92 Å². The van der Waals surface area contributed by atoms with Crippen LogP contribution in [0.3, 0.4) is 0 Å². The summed E-state index contributed by atoms with van der Waals surface area (Å²) in [5.74, 6) is -0.423. The number of ether oxygens (including phenoxy) is 1. The molecule has 0 aliphatic rings. The molecular weight excluding hydrogens is 282 g/mol. The topological polar surface area (TPSA) is 71.5 Å². The van der Waals surface area contributed by atoms with Crippen LogP contribution in [0, 0.1) is 0 Å². The summed E-state index contributed by atoms with van der Waals surface area (Å²) in [6.07, 6.45) is 1.68. The van der Waals surface area contributed by atoms with E-state index in [1.165, 1.54) is 11.8 Å². The van der Waals surface area contributed by atoms with Crippen molar-refractivity contribution in [1.82, 2.24) is 9.88 Å². The number of aromatic nitrogens is 1. The normalized spacial score (nSPS) is 10.5. The number of rotatable bonds is 6. The van der Waals surface area contributed by atoms with E-state index < -0.39 is 0 Å². The highest BCUT2D eigenvalue weighted by Gasteiger charge is 2.14. The predicted octanol–water partition coefficient (Wildman–Crippen LogP) is 1.67. The van der Waals surface area contributed by atoms with Crippen molar-refractivity contribution in [3.63, 3.8) is 0 Å². The van der Waals surface area contributed by atoms with Gasteiger partial charge in [0.1, 0.15) is 0 Å². The number of carbonyl (C=O) groups is 2. The average Bonchev–Trinajstić information content (AvgIpc) is 2.51. The molecule has 0 spiro atoms. The molecule has 22 heavy (non-hydrogen) atoms. The minimum Gasteiger partial charge on any atom is -0.383 e. The maximum Gasteiger partial charge on any atom is 0.244 e. The second-order valence-electron chi connectivity index (χ2n) is 4.86. The minimum absolute atomic E-state index is 0.0120. The Hall–Kier alpha value is -2.47. The lowest BCUT2D eigenvalue weighted by Gasteiger charge is -2.20. The van der Waals surface area contributed by atoms with Gasteiger partial charge in [-0.3, -0.25) is 14.6 Å². The first kappa shape index (κ1) is 15.9. The number of nitrogens with zero attached hydrogens (tertiary/aromatic N) is 2. The fraction of sp³-hybridized carbons (Fsp3) is 0.312. The Bertz CT molecular complexity index is 667.